The van der Waals surface area contributed by atoms with Crippen LogP contribution in [-0.2, 0) is 6.54 Å². The molecule has 0 fully saturated rings. The van der Waals surface area contributed by atoms with Crippen molar-refractivity contribution in [2.45, 2.75) is 40.3 Å². The van der Waals surface area contributed by atoms with E-state index in [0.717, 1.165) is 37.6 Å². The maximum absolute atomic E-state index is 4.65. The topological polar surface area (TPSA) is 54.2 Å². The number of rotatable bonds is 7. The number of aryl methyl sites for hydroxylation is 1. The van der Waals surface area contributed by atoms with Gasteiger partial charge in [0.1, 0.15) is 11.4 Å². The highest BCUT2D eigenvalue weighted by molar-refractivity contribution is 5.03. The molecule has 0 spiro atoms. The van der Waals surface area contributed by atoms with Crippen LogP contribution >= 0.6 is 0 Å². The lowest BCUT2D eigenvalue weighted by molar-refractivity contribution is 0.268. The molecule has 16 heavy (non-hydrogen) atoms. The number of likely N-dealkylation sites (N-methyl/N-ethyl adjacent to an activating group) is 1. The molecule has 1 aromatic heterocycles. The van der Waals surface area contributed by atoms with E-state index in [1.165, 1.54) is 0 Å². The lowest BCUT2D eigenvalue weighted by Gasteiger charge is -2.23. The van der Waals surface area contributed by atoms with Crippen molar-refractivity contribution in [1.82, 2.24) is 20.5 Å². The molecule has 0 aliphatic carbocycles. The van der Waals surface area contributed by atoms with Crippen molar-refractivity contribution in [2.24, 2.45) is 0 Å². The van der Waals surface area contributed by atoms with Gasteiger partial charge in [0.05, 0.1) is 0 Å². The zero-order chi connectivity index (χ0) is 12.0. The summed E-state index contributed by atoms with van der Waals surface area (Å²) in [5, 5.41) is 11.0. The van der Waals surface area contributed by atoms with Crippen molar-refractivity contribution < 1.29 is 4.63 Å². The largest absolute Gasteiger partial charge is 0.307 e. The molecule has 1 N–H and O–H groups in total. The predicted molar refractivity (Wildman–Crippen MR) is 63.1 cm³/mol. The van der Waals surface area contributed by atoms with Gasteiger partial charge < -0.3 is 10.2 Å². The SMILES string of the molecule is CCN(CC)CC(C)NCc1nonc1C. The Morgan fingerprint density at radius 3 is 2.50 bits per heavy atom. The molecular formula is C11H22N4O. The summed E-state index contributed by atoms with van der Waals surface area (Å²) in [4.78, 5) is 2.39. The molecule has 92 valence electrons. The van der Waals surface area contributed by atoms with Gasteiger partial charge in [-0.1, -0.05) is 24.2 Å². The maximum atomic E-state index is 4.65. The zero-order valence-corrected chi connectivity index (χ0v) is 10.7. The molecule has 0 amide bonds. The fourth-order valence-corrected chi connectivity index (χ4v) is 1.61. The normalized spacial score (nSPS) is 13.3. The Kier molecular flexibility index (Phi) is 5.42. The van der Waals surface area contributed by atoms with Crippen molar-refractivity contribution in [3.8, 4) is 0 Å². The van der Waals surface area contributed by atoms with Gasteiger partial charge in [-0.3, -0.25) is 0 Å². The first-order valence-electron chi connectivity index (χ1n) is 5.91. The van der Waals surface area contributed by atoms with Crippen LogP contribution < -0.4 is 5.32 Å². The smallest absolute Gasteiger partial charge is 0.121 e. The Labute approximate surface area is 97.2 Å². The van der Waals surface area contributed by atoms with Gasteiger partial charge in [0.2, 0.25) is 0 Å². The summed E-state index contributed by atoms with van der Waals surface area (Å²) in [5.74, 6) is 0. The first-order valence-corrected chi connectivity index (χ1v) is 5.91. The lowest BCUT2D eigenvalue weighted by Crippen LogP contribution is -2.38. The Hall–Kier alpha value is -0.940. The Morgan fingerprint density at radius 2 is 2.00 bits per heavy atom. The quantitative estimate of drug-likeness (QED) is 0.757. The van der Waals surface area contributed by atoms with E-state index in [2.05, 4.69) is 45.9 Å². The molecule has 1 atom stereocenters. The second-order valence-corrected chi connectivity index (χ2v) is 4.06. The molecule has 1 heterocycles. The maximum Gasteiger partial charge on any atom is 0.121 e. The highest BCUT2D eigenvalue weighted by Gasteiger charge is 2.09. The number of nitrogens with zero attached hydrogens (tertiary/aromatic N) is 3. The first-order chi connectivity index (χ1) is 7.67. The fourth-order valence-electron chi connectivity index (χ4n) is 1.61. The molecule has 0 saturated heterocycles. The molecule has 1 rings (SSSR count). The van der Waals surface area contributed by atoms with E-state index in [1.54, 1.807) is 0 Å². The van der Waals surface area contributed by atoms with Crippen LogP contribution in [0.5, 0.6) is 0 Å². The first kappa shape index (κ1) is 13.1. The van der Waals surface area contributed by atoms with Crippen molar-refractivity contribution in [1.29, 1.82) is 0 Å². The van der Waals surface area contributed by atoms with Crippen LogP contribution in [0.2, 0.25) is 0 Å². The summed E-state index contributed by atoms with van der Waals surface area (Å²) in [6.45, 7) is 12.4. The third kappa shape index (κ3) is 3.90. The summed E-state index contributed by atoms with van der Waals surface area (Å²) in [6, 6.07) is 0.441. The van der Waals surface area contributed by atoms with Crippen molar-refractivity contribution in [3.63, 3.8) is 0 Å². The molecule has 5 heteroatoms. The van der Waals surface area contributed by atoms with Crippen molar-refractivity contribution in [3.05, 3.63) is 11.4 Å². The van der Waals surface area contributed by atoms with Gasteiger partial charge in [0, 0.05) is 19.1 Å². The Balaban J connectivity index is 2.30. The van der Waals surface area contributed by atoms with Gasteiger partial charge in [0.25, 0.3) is 0 Å². The Bertz CT molecular complexity index is 296. The van der Waals surface area contributed by atoms with E-state index < -0.39 is 0 Å². The average molecular weight is 226 g/mol. The molecule has 0 saturated carbocycles. The van der Waals surface area contributed by atoms with Crippen molar-refractivity contribution >= 4 is 0 Å². The second kappa shape index (κ2) is 6.60. The number of aromatic nitrogens is 2. The zero-order valence-electron chi connectivity index (χ0n) is 10.7. The molecule has 1 aromatic rings. The third-order valence-corrected chi connectivity index (χ3v) is 2.79. The van der Waals surface area contributed by atoms with Gasteiger partial charge in [-0.15, -0.1) is 0 Å². The van der Waals surface area contributed by atoms with E-state index in [0.29, 0.717) is 6.04 Å². The second-order valence-electron chi connectivity index (χ2n) is 4.06. The van der Waals surface area contributed by atoms with Crippen molar-refractivity contribution in [2.75, 3.05) is 19.6 Å². The summed E-state index contributed by atoms with van der Waals surface area (Å²) in [6.07, 6.45) is 0. The Morgan fingerprint density at radius 1 is 1.31 bits per heavy atom. The van der Waals surface area contributed by atoms with Crippen LogP contribution in [0.4, 0.5) is 0 Å². The van der Waals surface area contributed by atoms with Gasteiger partial charge in [-0.2, -0.15) is 0 Å². The van der Waals surface area contributed by atoms with Crippen LogP contribution in [0.15, 0.2) is 4.63 Å². The number of hydrogen-bond donors (Lipinski definition) is 1. The molecular weight excluding hydrogens is 204 g/mol. The highest BCUT2D eigenvalue weighted by atomic mass is 16.6. The summed E-state index contributed by atoms with van der Waals surface area (Å²) in [5.41, 5.74) is 1.76. The van der Waals surface area contributed by atoms with Crippen LogP contribution in [0.3, 0.4) is 0 Å². The lowest BCUT2D eigenvalue weighted by atomic mass is 10.2. The molecule has 0 bridgehead atoms. The van der Waals surface area contributed by atoms with Gasteiger partial charge >= 0.3 is 0 Å². The molecule has 0 aromatic carbocycles. The van der Waals surface area contributed by atoms with E-state index >= 15 is 0 Å². The summed E-state index contributed by atoms with van der Waals surface area (Å²) >= 11 is 0. The third-order valence-electron chi connectivity index (χ3n) is 2.79. The molecule has 1 unspecified atom stereocenters. The number of nitrogens with one attached hydrogen (secondary N) is 1. The average Bonchev–Trinajstić information content (AvgIpc) is 2.69. The minimum Gasteiger partial charge on any atom is -0.307 e. The number of hydrogen-bond acceptors (Lipinski definition) is 5. The summed E-state index contributed by atoms with van der Waals surface area (Å²) < 4.78 is 4.65. The fraction of sp³-hybridized carbons (Fsp3) is 0.818. The minimum atomic E-state index is 0.441. The standard InChI is InChI=1S/C11H22N4O/c1-5-15(6-2)8-9(3)12-7-11-10(4)13-16-14-11/h9,12H,5-8H2,1-4H3. The van der Waals surface area contributed by atoms with Crippen LogP contribution in [0.1, 0.15) is 32.2 Å². The molecule has 0 aliphatic heterocycles. The van der Waals surface area contributed by atoms with Gasteiger partial charge in [-0.05, 0) is 26.9 Å². The van der Waals surface area contributed by atoms with Gasteiger partial charge in [0.15, 0.2) is 0 Å². The van der Waals surface area contributed by atoms with Crippen LogP contribution in [0.25, 0.3) is 0 Å². The monoisotopic (exact) mass is 226 g/mol. The predicted octanol–water partition coefficient (Wildman–Crippen LogP) is 1.20. The molecule has 0 aliphatic rings. The van der Waals surface area contributed by atoms with E-state index in [9.17, 15) is 0 Å². The minimum absolute atomic E-state index is 0.441. The van der Waals surface area contributed by atoms with Gasteiger partial charge in [-0.25, -0.2) is 4.63 Å². The van der Waals surface area contributed by atoms with E-state index in [1.807, 2.05) is 6.92 Å². The van der Waals surface area contributed by atoms with E-state index in [4.69, 9.17) is 0 Å². The van der Waals surface area contributed by atoms with Crippen LogP contribution in [-0.4, -0.2) is 40.9 Å². The molecule has 5 nitrogen and oxygen atoms in total. The molecule has 0 radical (unpaired) electrons. The summed E-state index contributed by atoms with van der Waals surface area (Å²) in [7, 11) is 0. The van der Waals surface area contributed by atoms with E-state index in [-0.39, 0.29) is 0 Å². The van der Waals surface area contributed by atoms with Crippen LogP contribution in [0, 0.1) is 6.92 Å². The highest BCUT2D eigenvalue weighted by Crippen LogP contribution is 2.00.